The summed E-state index contributed by atoms with van der Waals surface area (Å²) >= 11 is 3.09. The summed E-state index contributed by atoms with van der Waals surface area (Å²) in [6.45, 7) is 0.757. The lowest BCUT2D eigenvalue weighted by molar-refractivity contribution is -0.138. The molecule has 2 aromatic carbocycles. The summed E-state index contributed by atoms with van der Waals surface area (Å²) in [5.74, 6) is -0.0327. The molecule has 2 aliphatic rings. The number of amides is 1. The van der Waals surface area contributed by atoms with Crippen molar-refractivity contribution in [2.24, 2.45) is 5.92 Å². The minimum atomic E-state index is -4.33. The number of benzene rings is 2. The summed E-state index contributed by atoms with van der Waals surface area (Å²) in [4.78, 5) is 14.6. The minimum absolute atomic E-state index is 0.134. The Morgan fingerprint density at radius 1 is 0.800 bits per heavy atom. The first-order valence-corrected chi connectivity index (χ1v) is 12.8. The van der Waals surface area contributed by atoms with E-state index in [0.717, 1.165) is 44.0 Å². The fourth-order valence-corrected chi connectivity index (χ4v) is 5.05. The summed E-state index contributed by atoms with van der Waals surface area (Å²) < 4.78 is 74.6. The van der Waals surface area contributed by atoms with Crippen LogP contribution in [0.1, 0.15) is 60.8 Å². The summed E-state index contributed by atoms with van der Waals surface area (Å²) in [6.07, 6.45) is -1.67. The van der Waals surface area contributed by atoms with Crippen molar-refractivity contribution in [3.8, 4) is 0 Å². The molecule has 35 heavy (non-hydrogen) atoms. The molecule has 0 aromatic heterocycles. The topological polar surface area (TPSA) is 20.3 Å². The van der Waals surface area contributed by atoms with Gasteiger partial charge in [-0.15, -0.1) is 0 Å². The third-order valence-electron chi connectivity index (χ3n) is 6.51. The van der Waals surface area contributed by atoms with Crippen molar-refractivity contribution in [3.05, 3.63) is 70.8 Å². The van der Waals surface area contributed by atoms with E-state index in [1.165, 1.54) is 37.5 Å². The molecule has 0 spiro atoms. The Morgan fingerprint density at radius 3 is 1.89 bits per heavy atom. The normalized spacial score (nSPS) is 19.5. The van der Waals surface area contributed by atoms with E-state index in [4.69, 9.17) is 0 Å². The maximum atomic E-state index is 12.8. The van der Waals surface area contributed by atoms with Gasteiger partial charge in [0.15, 0.2) is 0 Å². The Morgan fingerprint density at radius 2 is 1.34 bits per heavy atom. The minimum Gasteiger partial charge on any atom is -0.339 e. The highest BCUT2D eigenvalue weighted by Crippen LogP contribution is 2.33. The second kappa shape index (κ2) is 11.8. The molecule has 192 valence electrons. The van der Waals surface area contributed by atoms with Crippen LogP contribution in [0, 0.1) is 5.92 Å². The Kier molecular flexibility index (Phi) is 9.29. The second-order valence-corrected chi connectivity index (χ2v) is 9.60. The van der Waals surface area contributed by atoms with Gasteiger partial charge in [-0.05, 0) is 48.9 Å². The van der Waals surface area contributed by atoms with Gasteiger partial charge in [0, 0.05) is 23.8 Å². The second-order valence-electron chi connectivity index (χ2n) is 9.04. The molecule has 2 fully saturated rings. The van der Waals surface area contributed by atoms with Gasteiger partial charge >= 0.3 is 12.4 Å². The highest BCUT2D eigenvalue weighted by molar-refractivity contribution is 9.08. The van der Waals surface area contributed by atoms with Crippen LogP contribution in [0.4, 0.5) is 26.3 Å². The van der Waals surface area contributed by atoms with E-state index >= 15 is 0 Å². The van der Waals surface area contributed by atoms with Crippen LogP contribution in [0.25, 0.3) is 0 Å². The number of hydrogen-bond donors (Lipinski definition) is 0. The number of rotatable bonds is 4. The van der Waals surface area contributed by atoms with Gasteiger partial charge in [0.25, 0.3) is 0 Å². The molecule has 1 unspecified atom stereocenters. The van der Waals surface area contributed by atoms with Crippen LogP contribution in [-0.2, 0) is 28.9 Å². The number of hydrogen-bond acceptors (Lipinski definition) is 1. The monoisotopic (exact) mass is 563 g/mol. The number of alkyl halides is 7. The van der Waals surface area contributed by atoms with Crippen LogP contribution in [0.2, 0.25) is 0 Å². The van der Waals surface area contributed by atoms with Crippen molar-refractivity contribution in [1.82, 2.24) is 4.90 Å². The number of carbonyl (C=O) groups is 1. The average Bonchev–Trinajstić information content (AvgIpc) is 3.19. The number of carbonyl (C=O) groups excluding carboxylic acids is 1. The lowest BCUT2D eigenvalue weighted by atomic mass is 9.94. The van der Waals surface area contributed by atoms with Gasteiger partial charge in [0.2, 0.25) is 5.91 Å². The highest BCUT2D eigenvalue weighted by Gasteiger charge is 2.37. The van der Waals surface area contributed by atoms with Gasteiger partial charge < -0.3 is 4.90 Å². The number of halogens is 7. The Hall–Kier alpha value is -2.03. The first-order chi connectivity index (χ1) is 16.5. The van der Waals surface area contributed by atoms with Crippen molar-refractivity contribution in [1.29, 1.82) is 0 Å². The van der Waals surface area contributed by atoms with Crippen molar-refractivity contribution in [2.75, 3.05) is 6.54 Å². The number of nitrogens with zero attached hydrogens (tertiary/aromatic N) is 1. The standard InChI is InChI=1S/C18H22F3NO.C8H6BrF3/c19-18(20,21)15-6-4-5-13(12-15)11-14-9-10-22(17(14)23)16-7-2-1-3-8-16;9-5-6-2-1-3-7(4-6)8(10,11)12/h4-6,12,14,16H,1-3,7-11H2;1-4H,5H2. The molecule has 1 saturated carbocycles. The first kappa shape index (κ1) is 27.6. The van der Waals surface area contributed by atoms with Crippen LogP contribution in [0.5, 0.6) is 0 Å². The Bertz CT molecular complexity index is 984. The molecule has 0 bridgehead atoms. The summed E-state index contributed by atoms with van der Waals surface area (Å²) in [5.41, 5.74) is -0.00229. The van der Waals surface area contributed by atoms with Crippen molar-refractivity contribution < 1.29 is 31.1 Å². The molecule has 4 rings (SSSR count). The predicted molar refractivity (Wildman–Crippen MR) is 126 cm³/mol. The van der Waals surface area contributed by atoms with Gasteiger partial charge in [-0.3, -0.25) is 4.79 Å². The summed E-state index contributed by atoms with van der Waals surface area (Å²) in [5, 5.41) is 0.441. The predicted octanol–water partition coefficient (Wildman–Crippen LogP) is 8.03. The van der Waals surface area contributed by atoms with Gasteiger partial charge in [0.1, 0.15) is 0 Å². The molecule has 1 saturated heterocycles. The van der Waals surface area contributed by atoms with E-state index in [-0.39, 0.29) is 11.8 Å². The molecule has 0 radical (unpaired) electrons. The van der Waals surface area contributed by atoms with Crippen molar-refractivity contribution in [3.63, 3.8) is 0 Å². The third-order valence-corrected chi connectivity index (χ3v) is 7.16. The van der Waals surface area contributed by atoms with E-state index in [9.17, 15) is 31.1 Å². The maximum Gasteiger partial charge on any atom is 0.416 e. The van der Waals surface area contributed by atoms with Crippen LogP contribution in [-0.4, -0.2) is 23.4 Å². The molecule has 9 heteroatoms. The fourth-order valence-electron chi connectivity index (χ4n) is 4.70. The lowest BCUT2D eigenvalue weighted by Crippen LogP contribution is -2.39. The van der Waals surface area contributed by atoms with Crippen LogP contribution < -0.4 is 0 Å². The van der Waals surface area contributed by atoms with Gasteiger partial charge in [0.05, 0.1) is 11.1 Å². The molecule has 2 nitrogen and oxygen atoms in total. The largest absolute Gasteiger partial charge is 0.416 e. The summed E-state index contributed by atoms with van der Waals surface area (Å²) in [6, 6.07) is 11.0. The molecule has 1 amide bonds. The number of likely N-dealkylation sites (tertiary alicyclic amines) is 1. The van der Waals surface area contributed by atoms with Crippen molar-refractivity contribution >= 4 is 21.8 Å². The molecule has 2 aromatic rings. The molecular weight excluding hydrogens is 536 g/mol. The van der Waals surface area contributed by atoms with E-state index in [1.807, 2.05) is 4.90 Å². The molecule has 1 aliphatic heterocycles. The molecule has 1 atom stereocenters. The van der Waals surface area contributed by atoms with Crippen LogP contribution in [0.15, 0.2) is 48.5 Å². The molecule has 1 aliphatic carbocycles. The van der Waals surface area contributed by atoms with E-state index in [0.29, 0.717) is 28.9 Å². The SMILES string of the molecule is FC(F)(F)c1cccc(CBr)c1.O=C1C(Cc2cccc(C(F)(F)F)c2)CCN1C1CCCCC1. The maximum absolute atomic E-state index is 12.8. The van der Waals surface area contributed by atoms with Crippen molar-refractivity contribution in [2.45, 2.75) is 68.7 Å². The zero-order valence-electron chi connectivity index (χ0n) is 19.1. The van der Waals surface area contributed by atoms with Crippen LogP contribution >= 0.6 is 15.9 Å². The third kappa shape index (κ3) is 7.72. The fraction of sp³-hybridized carbons (Fsp3) is 0.500. The van der Waals surface area contributed by atoms with Gasteiger partial charge in [-0.2, -0.15) is 26.3 Å². The first-order valence-electron chi connectivity index (χ1n) is 11.7. The van der Waals surface area contributed by atoms with E-state index < -0.39 is 23.5 Å². The lowest BCUT2D eigenvalue weighted by Gasteiger charge is -2.31. The molecular formula is C26H28BrF6NO. The zero-order valence-corrected chi connectivity index (χ0v) is 20.7. The molecule has 1 heterocycles. The average molecular weight is 564 g/mol. The molecule has 0 N–H and O–H groups in total. The zero-order chi connectivity index (χ0) is 25.6. The van der Waals surface area contributed by atoms with Crippen LogP contribution in [0.3, 0.4) is 0 Å². The quantitative estimate of drug-likeness (QED) is 0.272. The van der Waals surface area contributed by atoms with Gasteiger partial charge in [-0.1, -0.05) is 71.6 Å². The van der Waals surface area contributed by atoms with E-state index in [2.05, 4.69) is 15.9 Å². The van der Waals surface area contributed by atoms with E-state index in [1.54, 1.807) is 12.1 Å². The summed E-state index contributed by atoms with van der Waals surface area (Å²) in [7, 11) is 0. The Balaban J connectivity index is 0.000000241. The highest BCUT2D eigenvalue weighted by atomic mass is 79.9. The Labute approximate surface area is 209 Å². The smallest absolute Gasteiger partial charge is 0.339 e. The van der Waals surface area contributed by atoms with Gasteiger partial charge in [-0.25, -0.2) is 0 Å².